The number of hydrogen-bond acceptors (Lipinski definition) is 4. The number of nitrogens with one attached hydrogen (secondary N) is 1. The third kappa shape index (κ3) is 4.24. The van der Waals surface area contributed by atoms with E-state index in [1.807, 2.05) is 53.4 Å². The molecule has 4 atom stereocenters. The molecule has 0 spiro atoms. The van der Waals surface area contributed by atoms with Gasteiger partial charge in [-0.25, -0.2) is 0 Å². The number of carbonyl (C=O) groups excluding carboxylic acids is 2. The number of ether oxygens (including phenoxy) is 2. The van der Waals surface area contributed by atoms with Crippen molar-refractivity contribution in [3.8, 4) is 11.5 Å². The number of benzene rings is 2. The highest BCUT2D eigenvalue weighted by Gasteiger charge is 2.50. The van der Waals surface area contributed by atoms with E-state index in [-0.39, 0.29) is 23.8 Å². The zero-order chi connectivity index (χ0) is 22.0. The summed E-state index contributed by atoms with van der Waals surface area (Å²) >= 11 is 0. The molecule has 0 aromatic heterocycles. The molecular formula is C25H30N2O4. The number of fused-ring (bicyclic) bond motifs is 1. The lowest BCUT2D eigenvalue weighted by molar-refractivity contribution is -0.129. The van der Waals surface area contributed by atoms with Crippen LogP contribution < -0.4 is 14.8 Å². The number of rotatable bonds is 7. The third-order valence-electron chi connectivity index (χ3n) is 6.89. The van der Waals surface area contributed by atoms with Crippen LogP contribution in [-0.2, 0) is 11.3 Å². The zero-order valence-electron chi connectivity index (χ0n) is 18.3. The van der Waals surface area contributed by atoms with Gasteiger partial charge in [0.25, 0.3) is 5.91 Å². The summed E-state index contributed by atoms with van der Waals surface area (Å²) in [5, 5.41) is 3.09. The Morgan fingerprint density at radius 1 is 1.13 bits per heavy atom. The summed E-state index contributed by atoms with van der Waals surface area (Å²) in [6.07, 6.45) is 1.50. The van der Waals surface area contributed by atoms with Gasteiger partial charge in [-0.05, 0) is 48.4 Å². The summed E-state index contributed by atoms with van der Waals surface area (Å²) in [4.78, 5) is 27.4. The lowest BCUT2D eigenvalue weighted by atomic mass is 9.88. The first-order valence-electron chi connectivity index (χ1n) is 10.9. The van der Waals surface area contributed by atoms with Gasteiger partial charge in [0.05, 0.1) is 14.2 Å². The van der Waals surface area contributed by atoms with Crippen molar-refractivity contribution >= 4 is 11.8 Å². The first kappa shape index (κ1) is 21.2. The average Bonchev–Trinajstić information content (AvgIpc) is 3.26. The van der Waals surface area contributed by atoms with Gasteiger partial charge in [0, 0.05) is 42.7 Å². The number of hydrogen-bond donors (Lipinski definition) is 1. The van der Waals surface area contributed by atoms with Crippen LogP contribution in [0.4, 0.5) is 0 Å². The number of likely N-dealkylation sites (tertiary alicyclic amines) is 1. The van der Waals surface area contributed by atoms with E-state index in [0.717, 1.165) is 23.5 Å². The first-order chi connectivity index (χ1) is 15.0. The third-order valence-corrected chi connectivity index (χ3v) is 6.89. The number of carbonyl (C=O) groups is 2. The van der Waals surface area contributed by atoms with Gasteiger partial charge in [0.2, 0.25) is 5.91 Å². The maximum absolute atomic E-state index is 12.9. The van der Waals surface area contributed by atoms with Crippen molar-refractivity contribution in [1.82, 2.24) is 10.2 Å². The predicted octanol–water partition coefficient (Wildman–Crippen LogP) is 3.51. The van der Waals surface area contributed by atoms with Crippen molar-refractivity contribution in [2.24, 2.45) is 17.8 Å². The van der Waals surface area contributed by atoms with Crippen LogP contribution in [-0.4, -0.2) is 43.5 Å². The van der Waals surface area contributed by atoms with Crippen LogP contribution in [0.2, 0.25) is 0 Å². The molecule has 2 aromatic carbocycles. The largest absolute Gasteiger partial charge is 0.497 e. The highest BCUT2D eigenvalue weighted by molar-refractivity contribution is 5.94. The summed E-state index contributed by atoms with van der Waals surface area (Å²) in [5.41, 5.74) is 1.64. The van der Waals surface area contributed by atoms with Gasteiger partial charge in [-0.3, -0.25) is 9.59 Å². The summed E-state index contributed by atoms with van der Waals surface area (Å²) in [7, 11) is 3.26. The van der Waals surface area contributed by atoms with E-state index in [9.17, 15) is 9.59 Å². The van der Waals surface area contributed by atoms with E-state index in [0.29, 0.717) is 36.9 Å². The predicted molar refractivity (Wildman–Crippen MR) is 118 cm³/mol. The second-order valence-electron chi connectivity index (χ2n) is 8.59. The number of methoxy groups -OCH3 is 2. The molecule has 4 rings (SSSR count). The number of amides is 2. The second kappa shape index (κ2) is 9.00. The minimum Gasteiger partial charge on any atom is -0.497 e. The van der Waals surface area contributed by atoms with Gasteiger partial charge in [-0.2, -0.15) is 0 Å². The van der Waals surface area contributed by atoms with Crippen LogP contribution in [0.15, 0.2) is 48.5 Å². The Morgan fingerprint density at radius 3 is 2.61 bits per heavy atom. The Hall–Kier alpha value is -3.02. The molecule has 2 amide bonds. The van der Waals surface area contributed by atoms with E-state index < -0.39 is 0 Å². The molecular weight excluding hydrogens is 392 g/mol. The molecule has 1 aliphatic carbocycles. The minimum atomic E-state index is -0.0552. The molecule has 31 heavy (non-hydrogen) atoms. The maximum atomic E-state index is 12.9. The van der Waals surface area contributed by atoms with Crippen molar-refractivity contribution in [2.45, 2.75) is 32.4 Å². The van der Waals surface area contributed by atoms with Crippen molar-refractivity contribution in [1.29, 1.82) is 0 Å². The van der Waals surface area contributed by atoms with Gasteiger partial charge in [-0.15, -0.1) is 0 Å². The number of nitrogens with zero attached hydrogens (tertiary/aromatic N) is 1. The Morgan fingerprint density at radius 2 is 1.90 bits per heavy atom. The van der Waals surface area contributed by atoms with E-state index in [4.69, 9.17) is 9.47 Å². The summed E-state index contributed by atoms with van der Waals surface area (Å²) in [6, 6.07) is 15.2. The van der Waals surface area contributed by atoms with Gasteiger partial charge >= 0.3 is 0 Å². The second-order valence-corrected chi connectivity index (χ2v) is 8.59. The monoisotopic (exact) mass is 422 g/mol. The smallest absolute Gasteiger partial charge is 0.251 e. The molecule has 1 saturated carbocycles. The molecule has 0 radical (unpaired) electrons. The fourth-order valence-electron chi connectivity index (χ4n) is 5.21. The van der Waals surface area contributed by atoms with Crippen molar-refractivity contribution in [2.75, 3.05) is 20.8 Å². The zero-order valence-corrected chi connectivity index (χ0v) is 18.3. The van der Waals surface area contributed by atoms with Gasteiger partial charge < -0.3 is 19.7 Å². The van der Waals surface area contributed by atoms with Crippen molar-refractivity contribution in [3.05, 3.63) is 59.7 Å². The van der Waals surface area contributed by atoms with E-state index >= 15 is 0 Å². The molecule has 2 aliphatic rings. The standard InChI is InChI=1S/C25H30N2O4/c1-16-11-22-20(21(16)14-26-25(29)17-7-5-4-6-8-17)13-24(28)27(22)15-18-9-10-19(30-2)12-23(18)31-3/h4-10,12,16,20-22H,11,13-15H2,1-3H3,(H,26,29)/t16-,20-,21+,22+/m0/s1. The lowest BCUT2D eigenvalue weighted by Gasteiger charge is -2.25. The van der Waals surface area contributed by atoms with Gasteiger partial charge in [0.1, 0.15) is 11.5 Å². The fourth-order valence-corrected chi connectivity index (χ4v) is 5.21. The molecule has 6 heteroatoms. The fraction of sp³-hybridized carbons (Fsp3) is 0.440. The first-order valence-corrected chi connectivity index (χ1v) is 10.9. The SMILES string of the molecule is COc1ccc(CN2C(=O)C[C@H]3[C@H](CNC(=O)c4ccccc4)[C@@H](C)C[C@H]32)c(OC)c1. The molecule has 1 N–H and O–H groups in total. The molecule has 1 aliphatic heterocycles. The van der Waals surface area contributed by atoms with Crippen LogP contribution in [0.25, 0.3) is 0 Å². The molecule has 6 nitrogen and oxygen atoms in total. The topological polar surface area (TPSA) is 67.9 Å². The van der Waals surface area contributed by atoms with Crippen molar-refractivity contribution in [3.63, 3.8) is 0 Å². The van der Waals surface area contributed by atoms with E-state index in [1.165, 1.54) is 0 Å². The Bertz CT molecular complexity index is 946. The maximum Gasteiger partial charge on any atom is 0.251 e. The molecule has 2 aromatic rings. The van der Waals surface area contributed by atoms with Gasteiger partial charge in [-0.1, -0.05) is 25.1 Å². The van der Waals surface area contributed by atoms with Crippen LogP contribution in [0.3, 0.4) is 0 Å². The normalized spacial score (nSPS) is 24.7. The van der Waals surface area contributed by atoms with E-state index in [2.05, 4.69) is 12.2 Å². The van der Waals surface area contributed by atoms with Crippen molar-refractivity contribution < 1.29 is 19.1 Å². The quantitative estimate of drug-likeness (QED) is 0.742. The Balaban J connectivity index is 1.44. The summed E-state index contributed by atoms with van der Waals surface area (Å²) < 4.78 is 10.8. The van der Waals surface area contributed by atoms with Crippen LogP contribution in [0.5, 0.6) is 11.5 Å². The highest BCUT2D eigenvalue weighted by atomic mass is 16.5. The molecule has 1 saturated heterocycles. The molecule has 0 bridgehead atoms. The average molecular weight is 423 g/mol. The molecule has 164 valence electrons. The summed E-state index contributed by atoms with van der Waals surface area (Å²) in [5.74, 6) is 2.59. The van der Waals surface area contributed by atoms with E-state index in [1.54, 1.807) is 14.2 Å². The molecule has 1 heterocycles. The van der Waals surface area contributed by atoms with Crippen LogP contribution >= 0.6 is 0 Å². The highest BCUT2D eigenvalue weighted by Crippen LogP contribution is 2.46. The Labute approximate surface area is 183 Å². The minimum absolute atomic E-state index is 0.0552. The van der Waals surface area contributed by atoms with Crippen LogP contribution in [0.1, 0.15) is 35.7 Å². The molecule has 2 fully saturated rings. The lowest BCUT2D eigenvalue weighted by Crippen LogP contribution is -2.34. The Kier molecular flexibility index (Phi) is 6.16. The molecule has 0 unspecified atom stereocenters. The summed E-state index contributed by atoms with van der Waals surface area (Å²) in [6.45, 7) is 3.36. The van der Waals surface area contributed by atoms with Crippen LogP contribution in [0, 0.1) is 17.8 Å². The van der Waals surface area contributed by atoms with Gasteiger partial charge in [0.15, 0.2) is 0 Å².